The van der Waals surface area contributed by atoms with Gasteiger partial charge in [0.1, 0.15) is 9.96 Å². The number of hydrogen-bond donors (Lipinski definition) is 1. The smallest absolute Gasteiger partial charge is 0.274 e. The van der Waals surface area contributed by atoms with Gasteiger partial charge in [-0.2, -0.15) is 5.26 Å². The molecule has 0 fully saturated rings. The minimum Gasteiger partial charge on any atom is -0.481 e. The minimum absolute atomic E-state index is 0.0551. The third-order valence-electron chi connectivity index (χ3n) is 2.64. The summed E-state index contributed by atoms with van der Waals surface area (Å²) >= 11 is 1.01. The lowest BCUT2D eigenvalue weighted by Gasteiger charge is -2.14. The van der Waals surface area contributed by atoms with Gasteiger partial charge in [-0.3, -0.25) is 4.79 Å². The lowest BCUT2D eigenvalue weighted by Crippen LogP contribution is -2.39. The van der Waals surface area contributed by atoms with Crippen molar-refractivity contribution in [1.29, 1.82) is 5.26 Å². The molecule has 2 rings (SSSR count). The van der Waals surface area contributed by atoms with E-state index in [2.05, 4.69) is 0 Å². The second-order valence-electron chi connectivity index (χ2n) is 4.30. The highest BCUT2D eigenvalue weighted by Gasteiger charge is 2.23. The van der Waals surface area contributed by atoms with E-state index in [0.29, 0.717) is 11.3 Å². The van der Waals surface area contributed by atoms with Gasteiger partial charge < -0.3 is 4.74 Å². The van der Waals surface area contributed by atoms with Crippen molar-refractivity contribution < 1.29 is 17.9 Å². The summed E-state index contributed by atoms with van der Waals surface area (Å²) in [4.78, 5) is 11.9. The van der Waals surface area contributed by atoms with Crippen molar-refractivity contribution in [3.63, 3.8) is 0 Å². The highest BCUT2D eigenvalue weighted by Crippen LogP contribution is 2.17. The van der Waals surface area contributed by atoms with Crippen LogP contribution in [0.5, 0.6) is 5.75 Å². The summed E-state index contributed by atoms with van der Waals surface area (Å²) in [5.74, 6) is -0.467. The Morgan fingerprint density at radius 1 is 1.36 bits per heavy atom. The van der Waals surface area contributed by atoms with Gasteiger partial charge in [0.05, 0.1) is 11.6 Å². The first kappa shape index (κ1) is 16.0. The van der Waals surface area contributed by atoms with Crippen molar-refractivity contribution in [2.24, 2.45) is 0 Å². The van der Waals surface area contributed by atoms with Crippen LogP contribution in [0.4, 0.5) is 0 Å². The molecular formula is C14H12N2O4S2. The van der Waals surface area contributed by atoms with Crippen molar-refractivity contribution in [1.82, 2.24) is 4.72 Å². The number of nitrogens with one attached hydrogen (secondary N) is 1. The Hall–Kier alpha value is -2.37. The van der Waals surface area contributed by atoms with Crippen LogP contribution in [-0.4, -0.2) is 20.4 Å². The minimum atomic E-state index is -3.88. The summed E-state index contributed by atoms with van der Waals surface area (Å²) in [6, 6.07) is 11.2. The fourth-order valence-electron chi connectivity index (χ4n) is 1.58. The Labute approximate surface area is 132 Å². The van der Waals surface area contributed by atoms with Crippen molar-refractivity contribution in [3.05, 3.63) is 47.3 Å². The van der Waals surface area contributed by atoms with Crippen LogP contribution in [0.1, 0.15) is 12.5 Å². The third-order valence-corrected chi connectivity index (χ3v) is 5.38. The molecule has 1 atom stereocenters. The summed E-state index contributed by atoms with van der Waals surface area (Å²) in [6.45, 7) is 1.43. The number of hydrogen-bond acceptors (Lipinski definition) is 6. The lowest BCUT2D eigenvalue weighted by molar-refractivity contribution is -0.125. The molecule has 0 spiro atoms. The maximum Gasteiger partial charge on any atom is 0.274 e. The Bertz CT molecular complexity index is 808. The first-order chi connectivity index (χ1) is 10.4. The van der Waals surface area contributed by atoms with Crippen molar-refractivity contribution in [3.8, 4) is 11.8 Å². The van der Waals surface area contributed by atoms with Gasteiger partial charge in [0.25, 0.3) is 15.9 Å². The van der Waals surface area contributed by atoms with Crippen molar-refractivity contribution in [2.75, 3.05) is 0 Å². The second-order valence-corrected chi connectivity index (χ2v) is 7.16. The first-order valence-electron chi connectivity index (χ1n) is 6.19. The number of carbonyl (C=O) groups excluding carboxylic acids is 1. The van der Waals surface area contributed by atoms with Crippen LogP contribution in [0, 0.1) is 11.3 Å². The summed E-state index contributed by atoms with van der Waals surface area (Å²) < 4.78 is 31.3. The number of benzene rings is 1. The van der Waals surface area contributed by atoms with Gasteiger partial charge in [-0.25, -0.2) is 13.1 Å². The van der Waals surface area contributed by atoms with Crippen molar-refractivity contribution >= 4 is 27.3 Å². The Balaban J connectivity index is 2.05. The summed E-state index contributed by atoms with van der Waals surface area (Å²) in [7, 11) is -3.88. The monoisotopic (exact) mass is 336 g/mol. The summed E-state index contributed by atoms with van der Waals surface area (Å²) in [5.41, 5.74) is 0.385. The summed E-state index contributed by atoms with van der Waals surface area (Å²) in [6.07, 6.45) is -1.02. The van der Waals surface area contributed by atoms with E-state index in [9.17, 15) is 13.2 Å². The highest BCUT2D eigenvalue weighted by molar-refractivity contribution is 7.92. The molecule has 0 aliphatic carbocycles. The molecule has 1 N–H and O–H groups in total. The van der Waals surface area contributed by atoms with Gasteiger partial charge in [0, 0.05) is 0 Å². The molecule has 0 saturated heterocycles. The number of nitriles is 1. The highest BCUT2D eigenvalue weighted by atomic mass is 32.2. The third kappa shape index (κ3) is 3.84. The molecule has 1 heterocycles. The van der Waals surface area contributed by atoms with E-state index in [-0.39, 0.29) is 4.21 Å². The molecule has 2 aromatic rings. The van der Waals surface area contributed by atoms with Gasteiger partial charge >= 0.3 is 0 Å². The molecule has 0 aliphatic heterocycles. The molecule has 0 unspecified atom stereocenters. The molecule has 1 aromatic carbocycles. The summed E-state index contributed by atoms with van der Waals surface area (Å²) in [5, 5.41) is 10.4. The zero-order valence-electron chi connectivity index (χ0n) is 11.5. The number of carbonyl (C=O) groups is 1. The van der Waals surface area contributed by atoms with E-state index < -0.39 is 22.0 Å². The molecule has 0 saturated carbocycles. The largest absolute Gasteiger partial charge is 0.481 e. The molecule has 114 valence electrons. The van der Waals surface area contributed by atoms with E-state index in [4.69, 9.17) is 10.00 Å². The number of nitrogens with zero attached hydrogens (tertiary/aromatic N) is 1. The molecule has 8 heteroatoms. The van der Waals surface area contributed by atoms with Crippen LogP contribution < -0.4 is 9.46 Å². The van der Waals surface area contributed by atoms with Crippen LogP contribution in [0.25, 0.3) is 0 Å². The second kappa shape index (κ2) is 6.60. The molecule has 0 aliphatic rings. The number of rotatable bonds is 5. The molecule has 0 bridgehead atoms. The quantitative estimate of drug-likeness (QED) is 0.899. The predicted molar refractivity (Wildman–Crippen MR) is 80.9 cm³/mol. The van der Waals surface area contributed by atoms with E-state index in [1.54, 1.807) is 29.6 Å². The average molecular weight is 336 g/mol. The van der Waals surface area contributed by atoms with Crippen LogP contribution in [-0.2, 0) is 14.8 Å². The molecule has 22 heavy (non-hydrogen) atoms. The zero-order chi connectivity index (χ0) is 16.2. The van der Waals surface area contributed by atoms with Crippen LogP contribution in [0.3, 0.4) is 0 Å². The van der Waals surface area contributed by atoms with Crippen LogP contribution in [0.15, 0.2) is 46.0 Å². The van der Waals surface area contributed by atoms with E-state index in [1.165, 1.54) is 19.1 Å². The van der Waals surface area contributed by atoms with Crippen molar-refractivity contribution in [2.45, 2.75) is 17.2 Å². The molecule has 0 radical (unpaired) electrons. The zero-order valence-corrected chi connectivity index (χ0v) is 13.1. The van der Waals surface area contributed by atoms with Gasteiger partial charge in [0.2, 0.25) is 0 Å². The van der Waals surface area contributed by atoms with Gasteiger partial charge in [-0.05, 0) is 36.6 Å². The fourth-order valence-corrected chi connectivity index (χ4v) is 3.61. The first-order valence-corrected chi connectivity index (χ1v) is 8.55. The Morgan fingerprint density at radius 3 is 2.77 bits per heavy atom. The Morgan fingerprint density at radius 2 is 2.14 bits per heavy atom. The molecule has 6 nitrogen and oxygen atoms in total. The van der Waals surface area contributed by atoms with Gasteiger partial charge in [0.15, 0.2) is 6.10 Å². The topological polar surface area (TPSA) is 96.3 Å². The number of thiophene rings is 1. The fraction of sp³-hybridized carbons (Fsp3) is 0.143. The number of sulfonamides is 1. The lowest BCUT2D eigenvalue weighted by atomic mass is 10.2. The molecule has 1 aromatic heterocycles. The maximum atomic E-state index is 11.9. The SMILES string of the molecule is C[C@H](Oc1cccc(C#N)c1)C(=O)NS(=O)(=O)c1cccs1. The van der Waals surface area contributed by atoms with E-state index in [0.717, 1.165) is 11.3 Å². The number of ether oxygens (including phenoxy) is 1. The van der Waals surface area contributed by atoms with Crippen LogP contribution in [0.2, 0.25) is 0 Å². The van der Waals surface area contributed by atoms with Crippen LogP contribution >= 0.6 is 11.3 Å². The van der Waals surface area contributed by atoms with Gasteiger partial charge in [-0.1, -0.05) is 12.1 Å². The number of amides is 1. The standard InChI is InChI=1S/C14H12N2O4S2/c1-10(20-12-5-2-4-11(8-12)9-15)14(17)16-22(18,19)13-6-3-7-21-13/h2-8,10H,1H3,(H,16,17)/t10-/m0/s1. The van der Waals surface area contributed by atoms with E-state index in [1.807, 2.05) is 10.8 Å². The van der Waals surface area contributed by atoms with E-state index >= 15 is 0 Å². The predicted octanol–water partition coefficient (Wildman–Crippen LogP) is 1.89. The van der Waals surface area contributed by atoms with Gasteiger partial charge in [-0.15, -0.1) is 11.3 Å². The molecular weight excluding hydrogens is 324 g/mol. The normalized spacial score (nSPS) is 12.2. The average Bonchev–Trinajstić information content (AvgIpc) is 3.02. The molecule has 1 amide bonds. The maximum absolute atomic E-state index is 11.9. The Kier molecular flexibility index (Phi) is 4.80.